The molecule has 1 aromatic carbocycles. The third-order valence-electron chi connectivity index (χ3n) is 2.24. The molecule has 0 radical (unpaired) electrons. The highest BCUT2D eigenvalue weighted by atomic mass is 79.9. The number of hydrogen-bond acceptors (Lipinski definition) is 3. The van der Waals surface area contributed by atoms with E-state index in [-0.39, 0.29) is 10.7 Å². The number of aromatic nitrogens is 2. The summed E-state index contributed by atoms with van der Waals surface area (Å²) in [6.07, 6.45) is 1.41. The summed E-state index contributed by atoms with van der Waals surface area (Å²) >= 11 is 8.96. The Morgan fingerprint density at radius 1 is 1.39 bits per heavy atom. The lowest BCUT2D eigenvalue weighted by Gasteiger charge is -2.08. The molecule has 94 valence electrons. The minimum absolute atomic E-state index is 0.187. The summed E-state index contributed by atoms with van der Waals surface area (Å²) in [7, 11) is 0. The van der Waals surface area contributed by atoms with Gasteiger partial charge in [-0.3, -0.25) is 9.36 Å². The summed E-state index contributed by atoms with van der Waals surface area (Å²) in [5.74, 6) is 0.749. The summed E-state index contributed by atoms with van der Waals surface area (Å²) in [5.41, 5.74) is -0.187. The fourth-order valence-corrected chi connectivity index (χ4v) is 1.91. The highest BCUT2D eigenvalue weighted by molar-refractivity contribution is 9.10. The molecule has 1 aromatic heterocycles. The molecule has 0 saturated carbocycles. The van der Waals surface area contributed by atoms with Crippen LogP contribution < -0.4 is 10.3 Å². The minimum Gasteiger partial charge on any atom is -0.492 e. The van der Waals surface area contributed by atoms with E-state index in [4.69, 9.17) is 16.3 Å². The number of ether oxygens (including phenoxy) is 1. The highest BCUT2D eigenvalue weighted by Crippen LogP contribution is 2.17. The molecule has 2 rings (SSSR count). The highest BCUT2D eigenvalue weighted by Gasteiger charge is 1.99. The molecule has 6 heteroatoms. The molecule has 0 aliphatic carbocycles. The van der Waals surface area contributed by atoms with Crippen molar-refractivity contribution in [2.45, 2.75) is 6.54 Å². The molecule has 0 N–H and O–H groups in total. The Bertz CT molecular complexity index is 601. The van der Waals surface area contributed by atoms with E-state index in [2.05, 4.69) is 20.9 Å². The number of hydrogen-bond donors (Lipinski definition) is 0. The van der Waals surface area contributed by atoms with E-state index in [0.717, 1.165) is 10.2 Å². The van der Waals surface area contributed by atoms with Crippen LogP contribution in [0, 0.1) is 0 Å². The molecule has 2 aromatic rings. The summed E-state index contributed by atoms with van der Waals surface area (Å²) < 4.78 is 7.92. The second-order valence-electron chi connectivity index (χ2n) is 3.55. The molecule has 0 bridgehead atoms. The molecule has 0 saturated heterocycles. The van der Waals surface area contributed by atoms with E-state index in [9.17, 15) is 4.79 Å². The zero-order valence-electron chi connectivity index (χ0n) is 9.35. The van der Waals surface area contributed by atoms with Crippen molar-refractivity contribution < 1.29 is 4.74 Å². The van der Waals surface area contributed by atoms with Gasteiger partial charge in [0.15, 0.2) is 0 Å². The maximum Gasteiger partial charge on any atom is 0.254 e. The van der Waals surface area contributed by atoms with Crippen molar-refractivity contribution in [2.75, 3.05) is 6.61 Å². The van der Waals surface area contributed by atoms with Gasteiger partial charge in [0.05, 0.1) is 12.9 Å². The molecule has 0 fully saturated rings. The second kappa shape index (κ2) is 6.02. The quantitative estimate of drug-likeness (QED) is 0.810. The van der Waals surface area contributed by atoms with Crippen molar-refractivity contribution in [3.63, 3.8) is 0 Å². The normalized spacial score (nSPS) is 10.3. The van der Waals surface area contributed by atoms with Crippen LogP contribution in [0.4, 0.5) is 0 Å². The molecule has 0 aliphatic heterocycles. The van der Waals surface area contributed by atoms with Crippen molar-refractivity contribution in [1.82, 2.24) is 9.55 Å². The van der Waals surface area contributed by atoms with Gasteiger partial charge in [-0.25, -0.2) is 4.98 Å². The van der Waals surface area contributed by atoms with Gasteiger partial charge in [0, 0.05) is 10.5 Å². The number of halogens is 2. The predicted octanol–water partition coefficient (Wildman–Crippen LogP) is 2.74. The van der Waals surface area contributed by atoms with Gasteiger partial charge in [0.1, 0.15) is 17.5 Å². The van der Waals surface area contributed by atoms with Crippen molar-refractivity contribution >= 4 is 27.5 Å². The van der Waals surface area contributed by atoms with Gasteiger partial charge < -0.3 is 4.74 Å². The van der Waals surface area contributed by atoms with Crippen molar-refractivity contribution in [2.24, 2.45) is 0 Å². The van der Waals surface area contributed by atoms with Crippen LogP contribution in [-0.2, 0) is 6.54 Å². The van der Waals surface area contributed by atoms with Crippen LogP contribution in [0.3, 0.4) is 0 Å². The van der Waals surface area contributed by atoms with E-state index in [1.54, 1.807) is 0 Å². The molecule has 0 atom stereocenters. The Labute approximate surface area is 117 Å². The van der Waals surface area contributed by atoms with Gasteiger partial charge in [0.2, 0.25) is 0 Å². The maximum absolute atomic E-state index is 11.5. The summed E-state index contributed by atoms with van der Waals surface area (Å²) in [4.78, 5) is 15.4. The minimum atomic E-state index is -0.187. The van der Waals surface area contributed by atoms with E-state index in [0.29, 0.717) is 13.2 Å². The van der Waals surface area contributed by atoms with Gasteiger partial charge in [-0.1, -0.05) is 33.6 Å². The molecular weight excluding hydrogens is 320 g/mol. The topological polar surface area (TPSA) is 44.1 Å². The Balaban J connectivity index is 1.94. The van der Waals surface area contributed by atoms with E-state index in [1.165, 1.54) is 17.0 Å². The lowest BCUT2D eigenvalue weighted by Crippen LogP contribution is -2.22. The Morgan fingerprint density at radius 2 is 2.22 bits per heavy atom. The maximum atomic E-state index is 11.5. The first-order valence-corrected chi connectivity index (χ1v) is 6.42. The summed E-state index contributed by atoms with van der Waals surface area (Å²) in [5, 5.41) is 0.198. The fourth-order valence-electron chi connectivity index (χ4n) is 1.39. The van der Waals surface area contributed by atoms with Crippen LogP contribution >= 0.6 is 27.5 Å². The van der Waals surface area contributed by atoms with Gasteiger partial charge in [-0.2, -0.15) is 0 Å². The van der Waals surface area contributed by atoms with Crippen LogP contribution in [0.2, 0.25) is 5.15 Å². The van der Waals surface area contributed by atoms with Crippen molar-refractivity contribution in [1.29, 1.82) is 0 Å². The summed E-state index contributed by atoms with van der Waals surface area (Å²) in [6, 6.07) is 8.80. The third-order valence-corrected chi connectivity index (χ3v) is 2.94. The molecule has 18 heavy (non-hydrogen) atoms. The van der Waals surface area contributed by atoms with Crippen LogP contribution in [0.25, 0.3) is 0 Å². The average molecular weight is 330 g/mol. The van der Waals surface area contributed by atoms with E-state index < -0.39 is 0 Å². The first-order valence-electron chi connectivity index (χ1n) is 5.25. The monoisotopic (exact) mass is 328 g/mol. The van der Waals surface area contributed by atoms with Crippen LogP contribution in [-0.4, -0.2) is 16.2 Å². The van der Waals surface area contributed by atoms with Gasteiger partial charge in [0.25, 0.3) is 5.56 Å². The molecule has 0 unspecified atom stereocenters. The second-order valence-corrected chi connectivity index (χ2v) is 4.85. The zero-order chi connectivity index (χ0) is 13.0. The first kappa shape index (κ1) is 13.1. The first-order chi connectivity index (χ1) is 8.65. The lowest BCUT2D eigenvalue weighted by atomic mass is 10.3. The smallest absolute Gasteiger partial charge is 0.254 e. The van der Waals surface area contributed by atoms with E-state index >= 15 is 0 Å². The SMILES string of the molecule is O=c1cc(Cl)ncn1CCOc1cccc(Br)c1. The van der Waals surface area contributed by atoms with Crippen LogP contribution in [0.5, 0.6) is 5.75 Å². The molecule has 0 aliphatic rings. The number of rotatable bonds is 4. The number of nitrogens with zero attached hydrogens (tertiary/aromatic N) is 2. The number of benzene rings is 1. The van der Waals surface area contributed by atoms with Crippen LogP contribution in [0.15, 0.2) is 45.9 Å². The molecule has 0 spiro atoms. The Morgan fingerprint density at radius 3 is 2.94 bits per heavy atom. The molecule has 4 nitrogen and oxygen atoms in total. The van der Waals surface area contributed by atoms with Gasteiger partial charge in [-0.15, -0.1) is 0 Å². The Kier molecular flexibility index (Phi) is 4.38. The van der Waals surface area contributed by atoms with Gasteiger partial charge in [-0.05, 0) is 18.2 Å². The third kappa shape index (κ3) is 3.58. The van der Waals surface area contributed by atoms with Crippen LogP contribution in [0.1, 0.15) is 0 Å². The molecular formula is C12H10BrClN2O2. The van der Waals surface area contributed by atoms with Crippen molar-refractivity contribution in [3.8, 4) is 5.75 Å². The molecule has 1 heterocycles. The summed E-state index contributed by atoms with van der Waals surface area (Å²) in [6.45, 7) is 0.815. The van der Waals surface area contributed by atoms with E-state index in [1.807, 2.05) is 24.3 Å². The molecule has 0 amide bonds. The lowest BCUT2D eigenvalue weighted by molar-refractivity contribution is 0.295. The largest absolute Gasteiger partial charge is 0.492 e. The predicted molar refractivity (Wildman–Crippen MR) is 73.1 cm³/mol. The fraction of sp³-hybridized carbons (Fsp3) is 0.167. The Hall–Kier alpha value is -1.33. The zero-order valence-corrected chi connectivity index (χ0v) is 11.7. The standard InChI is InChI=1S/C12H10BrClN2O2/c13-9-2-1-3-10(6-9)18-5-4-16-8-15-11(14)7-12(16)17/h1-3,6-8H,4-5H2. The van der Waals surface area contributed by atoms with Crippen molar-refractivity contribution in [3.05, 3.63) is 56.6 Å². The van der Waals surface area contributed by atoms with Gasteiger partial charge >= 0.3 is 0 Å². The average Bonchev–Trinajstić information content (AvgIpc) is 2.32.